The van der Waals surface area contributed by atoms with Crippen molar-refractivity contribution in [3.63, 3.8) is 0 Å². The number of imidazole rings is 1. The smallest absolute Gasteiger partial charge is 0.320 e. The van der Waals surface area contributed by atoms with E-state index in [0.29, 0.717) is 17.7 Å². The molecule has 0 radical (unpaired) electrons. The van der Waals surface area contributed by atoms with Crippen molar-refractivity contribution >= 4 is 24.0 Å². The van der Waals surface area contributed by atoms with E-state index in [1.54, 1.807) is 13.0 Å². The SMILES string of the molecule is Cc1cc(CNC(=O)Nc2ncn(CC(N)=O)c2C=O)on1. The molecule has 116 valence electrons. The first kappa shape index (κ1) is 15.2. The van der Waals surface area contributed by atoms with Crippen LogP contribution in [-0.4, -0.2) is 32.9 Å². The number of urea groups is 1. The zero-order valence-electron chi connectivity index (χ0n) is 11.7. The summed E-state index contributed by atoms with van der Waals surface area (Å²) in [5.41, 5.74) is 5.80. The molecule has 0 saturated heterocycles. The lowest BCUT2D eigenvalue weighted by atomic mass is 10.4. The molecule has 2 aromatic rings. The fourth-order valence-electron chi connectivity index (χ4n) is 1.72. The summed E-state index contributed by atoms with van der Waals surface area (Å²) >= 11 is 0. The Bertz CT molecular complexity index is 704. The van der Waals surface area contributed by atoms with Crippen molar-refractivity contribution in [2.24, 2.45) is 5.73 Å². The van der Waals surface area contributed by atoms with Crippen LogP contribution in [0.1, 0.15) is 21.9 Å². The number of nitrogens with zero attached hydrogens (tertiary/aromatic N) is 3. The van der Waals surface area contributed by atoms with E-state index in [9.17, 15) is 14.4 Å². The predicted octanol–water partition coefficient (Wildman–Crippen LogP) is -0.201. The Kier molecular flexibility index (Phi) is 4.51. The molecule has 0 unspecified atom stereocenters. The van der Waals surface area contributed by atoms with E-state index in [1.807, 2.05) is 0 Å². The lowest BCUT2D eigenvalue weighted by Crippen LogP contribution is -2.28. The normalized spacial score (nSPS) is 10.2. The predicted molar refractivity (Wildman–Crippen MR) is 73.9 cm³/mol. The Hall–Kier alpha value is -3.17. The fraction of sp³-hybridized carbons (Fsp3) is 0.250. The molecule has 0 aliphatic heterocycles. The minimum absolute atomic E-state index is 0.0301. The fourth-order valence-corrected chi connectivity index (χ4v) is 1.72. The number of amides is 3. The van der Waals surface area contributed by atoms with Crippen LogP contribution in [0.5, 0.6) is 0 Å². The number of anilines is 1. The summed E-state index contributed by atoms with van der Waals surface area (Å²) in [4.78, 5) is 37.5. The van der Waals surface area contributed by atoms with E-state index in [-0.39, 0.29) is 24.6 Å². The number of aryl methyl sites for hydroxylation is 1. The Morgan fingerprint density at radius 1 is 1.50 bits per heavy atom. The third-order valence-electron chi connectivity index (χ3n) is 2.65. The number of hydrogen-bond acceptors (Lipinski definition) is 6. The van der Waals surface area contributed by atoms with Crippen LogP contribution < -0.4 is 16.4 Å². The molecule has 0 spiro atoms. The number of primary amides is 1. The highest BCUT2D eigenvalue weighted by molar-refractivity contribution is 5.93. The lowest BCUT2D eigenvalue weighted by molar-refractivity contribution is -0.118. The molecule has 10 nitrogen and oxygen atoms in total. The Labute approximate surface area is 124 Å². The number of aromatic nitrogens is 3. The summed E-state index contributed by atoms with van der Waals surface area (Å²) in [6.07, 6.45) is 1.72. The van der Waals surface area contributed by atoms with Crippen LogP contribution in [0.25, 0.3) is 0 Å². The van der Waals surface area contributed by atoms with Crippen LogP contribution >= 0.6 is 0 Å². The first-order chi connectivity index (χ1) is 10.5. The van der Waals surface area contributed by atoms with Gasteiger partial charge in [-0.05, 0) is 6.92 Å². The molecule has 0 atom stereocenters. The first-order valence-electron chi connectivity index (χ1n) is 6.25. The minimum Gasteiger partial charge on any atom is -0.368 e. The number of rotatable bonds is 6. The number of hydrogen-bond donors (Lipinski definition) is 3. The molecule has 4 N–H and O–H groups in total. The van der Waals surface area contributed by atoms with Crippen molar-refractivity contribution in [2.75, 3.05) is 5.32 Å². The molecule has 0 bridgehead atoms. The molecule has 0 aliphatic rings. The van der Waals surface area contributed by atoms with Gasteiger partial charge in [0.15, 0.2) is 17.9 Å². The van der Waals surface area contributed by atoms with Crippen molar-refractivity contribution in [1.29, 1.82) is 0 Å². The summed E-state index contributed by atoms with van der Waals surface area (Å²) in [5.74, 6) is -0.109. The van der Waals surface area contributed by atoms with Gasteiger partial charge in [0.25, 0.3) is 0 Å². The molecule has 0 aromatic carbocycles. The Morgan fingerprint density at radius 2 is 2.27 bits per heavy atom. The van der Waals surface area contributed by atoms with Gasteiger partial charge in [-0.15, -0.1) is 0 Å². The monoisotopic (exact) mass is 306 g/mol. The summed E-state index contributed by atoms with van der Waals surface area (Å²) < 4.78 is 6.18. The van der Waals surface area contributed by atoms with Gasteiger partial charge in [0.05, 0.1) is 18.6 Å². The minimum atomic E-state index is -0.628. The number of nitrogens with one attached hydrogen (secondary N) is 2. The highest BCUT2D eigenvalue weighted by atomic mass is 16.5. The van der Waals surface area contributed by atoms with Crippen LogP contribution in [-0.2, 0) is 17.9 Å². The third-order valence-corrected chi connectivity index (χ3v) is 2.65. The van der Waals surface area contributed by atoms with Crippen molar-refractivity contribution in [2.45, 2.75) is 20.0 Å². The maximum Gasteiger partial charge on any atom is 0.320 e. The van der Waals surface area contributed by atoms with Crippen molar-refractivity contribution in [3.05, 3.63) is 29.5 Å². The maximum absolute atomic E-state index is 11.8. The molecule has 2 aromatic heterocycles. The maximum atomic E-state index is 11.8. The summed E-state index contributed by atoms with van der Waals surface area (Å²) in [6.45, 7) is 1.68. The molecule has 2 heterocycles. The second-order valence-electron chi connectivity index (χ2n) is 4.43. The highest BCUT2D eigenvalue weighted by Gasteiger charge is 2.14. The van der Waals surface area contributed by atoms with Gasteiger partial charge in [0.2, 0.25) is 5.91 Å². The summed E-state index contributed by atoms with van der Waals surface area (Å²) in [5, 5.41) is 8.61. The molecular formula is C12H14N6O4. The van der Waals surface area contributed by atoms with Gasteiger partial charge in [-0.2, -0.15) is 0 Å². The van der Waals surface area contributed by atoms with Gasteiger partial charge in [-0.1, -0.05) is 5.16 Å². The van der Waals surface area contributed by atoms with E-state index >= 15 is 0 Å². The van der Waals surface area contributed by atoms with Crippen LogP contribution in [0.4, 0.5) is 10.6 Å². The van der Waals surface area contributed by atoms with Gasteiger partial charge in [0, 0.05) is 6.07 Å². The average molecular weight is 306 g/mol. The molecule has 0 fully saturated rings. The molecule has 2 rings (SSSR count). The summed E-state index contributed by atoms with van der Waals surface area (Å²) in [7, 11) is 0. The number of nitrogens with two attached hydrogens (primary N) is 1. The molecule has 22 heavy (non-hydrogen) atoms. The van der Waals surface area contributed by atoms with Crippen LogP contribution in [0, 0.1) is 6.92 Å². The Morgan fingerprint density at radius 3 is 2.86 bits per heavy atom. The van der Waals surface area contributed by atoms with Crippen molar-refractivity contribution < 1.29 is 18.9 Å². The average Bonchev–Trinajstić information content (AvgIpc) is 3.02. The van der Waals surface area contributed by atoms with E-state index in [0.717, 1.165) is 0 Å². The van der Waals surface area contributed by atoms with Gasteiger partial charge < -0.3 is 20.1 Å². The molecular weight excluding hydrogens is 292 g/mol. The van der Waals surface area contributed by atoms with Crippen LogP contribution in [0.15, 0.2) is 16.9 Å². The van der Waals surface area contributed by atoms with E-state index in [2.05, 4.69) is 20.8 Å². The second-order valence-corrected chi connectivity index (χ2v) is 4.43. The van der Waals surface area contributed by atoms with Gasteiger partial charge in [-0.25, -0.2) is 9.78 Å². The van der Waals surface area contributed by atoms with Gasteiger partial charge in [-0.3, -0.25) is 14.9 Å². The quantitative estimate of drug-likeness (QED) is 0.630. The first-order valence-corrected chi connectivity index (χ1v) is 6.25. The molecule has 0 aliphatic carbocycles. The van der Waals surface area contributed by atoms with Gasteiger partial charge >= 0.3 is 6.03 Å². The van der Waals surface area contributed by atoms with Crippen molar-refractivity contribution in [3.8, 4) is 0 Å². The van der Waals surface area contributed by atoms with E-state index < -0.39 is 11.9 Å². The Balaban J connectivity index is 1.97. The molecule has 10 heteroatoms. The largest absolute Gasteiger partial charge is 0.368 e. The standard InChI is InChI=1S/C12H14N6O4/c1-7-2-8(22-17-7)3-14-12(21)16-11-9(5-19)18(6-15-11)4-10(13)20/h2,5-6H,3-4H2,1H3,(H2,13,20)(H2,14,16,21). The topological polar surface area (TPSA) is 145 Å². The van der Waals surface area contributed by atoms with E-state index in [4.69, 9.17) is 10.3 Å². The van der Waals surface area contributed by atoms with Crippen LogP contribution in [0.3, 0.4) is 0 Å². The lowest BCUT2D eigenvalue weighted by Gasteiger charge is -2.05. The highest BCUT2D eigenvalue weighted by Crippen LogP contribution is 2.11. The zero-order valence-corrected chi connectivity index (χ0v) is 11.7. The second kappa shape index (κ2) is 6.52. The number of carbonyl (C=O) groups excluding carboxylic acids is 3. The zero-order chi connectivity index (χ0) is 16.1. The number of aldehydes is 1. The number of carbonyl (C=O) groups is 3. The molecule has 3 amide bonds. The van der Waals surface area contributed by atoms with E-state index in [1.165, 1.54) is 10.9 Å². The van der Waals surface area contributed by atoms with Crippen LogP contribution in [0.2, 0.25) is 0 Å². The molecule has 0 saturated carbocycles. The third kappa shape index (κ3) is 3.69. The van der Waals surface area contributed by atoms with Gasteiger partial charge in [0.1, 0.15) is 12.2 Å². The summed E-state index contributed by atoms with van der Waals surface area (Å²) in [6, 6.07) is 1.10. The van der Waals surface area contributed by atoms with Crippen molar-refractivity contribution in [1.82, 2.24) is 20.0 Å².